The van der Waals surface area contributed by atoms with Crippen molar-refractivity contribution in [2.45, 2.75) is 19.4 Å². The van der Waals surface area contributed by atoms with Gasteiger partial charge in [0.2, 0.25) is 0 Å². The highest BCUT2D eigenvalue weighted by Gasteiger charge is 2.13. The first-order valence-corrected chi connectivity index (χ1v) is 8.39. The zero-order chi connectivity index (χ0) is 17.8. The minimum atomic E-state index is -0.600. The molecule has 0 aliphatic heterocycles. The summed E-state index contributed by atoms with van der Waals surface area (Å²) in [6, 6.07) is 9.08. The Bertz CT molecular complexity index is 971. The SMILES string of the molecule is O=C(CCC(=O)c1cccs1)OCc1cc(=O)oc2cc(O)ccc12. The number of ether oxygens (including phenoxy) is 1. The summed E-state index contributed by atoms with van der Waals surface area (Å²) in [5.74, 6) is -0.657. The Morgan fingerprint density at radius 1 is 1.16 bits per heavy atom. The number of carbonyl (C=O) groups excluding carboxylic acids is 2. The summed E-state index contributed by atoms with van der Waals surface area (Å²) >= 11 is 1.33. The van der Waals surface area contributed by atoms with Crippen LogP contribution in [0.5, 0.6) is 5.75 Å². The molecular formula is C18H14O6S. The molecule has 0 saturated carbocycles. The molecule has 1 aromatic carbocycles. The van der Waals surface area contributed by atoms with Gasteiger partial charge in [-0.2, -0.15) is 0 Å². The first-order valence-electron chi connectivity index (χ1n) is 7.51. The predicted octanol–water partition coefficient (Wildman–Crippen LogP) is 3.27. The van der Waals surface area contributed by atoms with Gasteiger partial charge in [0.25, 0.3) is 0 Å². The van der Waals surface area contributed by atoms with Crippen molar-refractivity contribution >= 4 is 34.1 Å². The van der Waals surface area contributed by atoms with E-state index in [0.29, 0.717) is 15.8 Å². The minimum Gasteiger partial charge on any atom is -0.508 e. The number of esters is 1. The lowest BCUT2D eigenvalue weighted by Crippen LogP contribution is -2.09. The summed E-state index contributed by atoms with van der Waals surface area (Å²) in [5.41, 5.74) is 0.0904. The normalized spacial score (nSPS) is 10.7. The molecule has 0 aliphatic rings. The van der Waals surface area contributed by atoms with E-state index in [1.165, 1.54) is 29.5 Å². The van der Waals surface area contributed by atoms with Crippen LogP contribution in [0.1, 0.15) is 28.1 Å². The van der Waals surface area contributed by atoms with Gasteiger partial charge in [0.1, 0.15) is 17.9 Å². The van der Waals surface area contributed by atoms with Crippen molar-refractivity contribution in [2.24, 2.45) is 0 Å². The van der Waals surface area contributed by atoms with Gasteiger partial charge >= 0.3 is 11.6 Å². The van der Waals surface area contributed by atoms with Crippen molar-refractivity contribution in [3.63, 3.8) is 0 Å². The van der Waals surface area contributed by atoms with Crippen LogP contribution < -0.4 is 5.63 Å². The molecule has 0 saturated heterocycles. The van der Waals surface area contributed by atoms with Gasteiger partial charge < -0.3 is 14.3 Å². The van der Waals surface area contributed by atoms with Crippen molar-refractivity contribution in [3.05, 3.63) is 62.6 Å². The number of ketones is 1. The lowest BCUT2D eigenvalue weighted by molar-refractivity contribution is -0.144. The van der Waals surface area contributed by atoms with Crippen molar-refractivity contribution in [3.8, 4) is 5.75 Å². The van der Waals surface area contributed by atoms with Crippen molar-refractivity contribution in [1.82, 2.24) is 0 Å². The van der Waals surface area contributed by atoms with Crippen LogP contribution in [0.3, 0.4) is 0 Å². The zero-order valence-electron chi connectivity index (χ0n) is 13.1. The number of Topliss-reactive ketones (excluding diaryl/α,β-unsaturated/α-hetero) is 1. The smallest absolute Gasteiger partial charge is 0.336 e. The van der Waals surface area contributed by atoms with Crippen LogP contribution in [0, 0.1) is 0 Å². The Balaban J connectivity index is 1.63. The molecule has 2 heterocycles. The van der Waals surface area contributed by atoms with Gasteiger partial charge in [0, 0.05) is 29.5 Å². The monoisotopic (exact) mass is 358 g/mol. The molecule has 0 fully saturated rings. The first-order chi connectivity index (χ1) is 12.0. The summed E-state index contributed by atoms with van der Waals surface area (Å²) in [7, 11) is 0. The summed E-state index contributed by atoms with van der Waals surface area (Å²) in [6.45, 7) is -0.112. The van der Waals surface area contributed by atoms with E-state index in [1.807, 2.05) is 0 Å². The fourth-order valence-electron chi connectivity index (χ4n) is 2.34. The molecule has 0 radical (unpaired) electrons. The number of hydrogen-bond acceptors (Lipinski definition) is 7. The largest absolute Gasteiger partial charge is 0.508 e. The van der Waals surface area contributed by atoms with E-state index >= 15 is 0 Å². The Morgan fingerprint density at radius 3 is 2.76 bits per heavy atom. The quantitative estimate of drug-likeness (QED) is 0.413. The van der Waals surface area contributed by atoms with Gasteiger partial charge in [0.05, 0.1) is 11.3 Å². The molecule has 2 aromatic heterocycles. The third kappa shape index (κ3) is 4.13. The molecule has 25 heavy (non-hydrogen) atoms. The molecule has 6 nitrogen and oxygen atoms in total. The summed E-state index contributed by atoms with van der Waals surface area (Å²) in [4.78, 5) is 35.9. The van der Waals surface area contributed by atoms with Crippen LogP contribution in [-0.4, -0.2) is 16.9 Å². The molecule has 0 amide bonds. The molecule has 0 aliphatic carbocycles. The molecule has 1 N–H and O–H groups in total. The second-order valence-corrected chi connectivity index (χ2v) is 6.28. The zero-order valence-corrected chi connectivity index (χ0v) is 13.9. The number of aromatic hydroxyl groups is 1. The fraction of sp³-hybridized carbons (Fsp3) is 0.167. The van der Waals surface area contributed by atoms with Gasteiger partial charge in [-0.15, -0.1) is 11.3 Å². The molecule has 3 rings (SSSR count). The molecule has 0 spiro atoms. The summed E-state index contributed by atoms with van der Waals surface area (Å²) in [5, 5.41) is 11.8. The molecular weight excluding hydrogens is 344 g/mol. The van der Waals surface area contributed by atoms with Crippen LogP contribution in [0.25, 0.3) is 11.0 Å². The summed E-state index contributed by atoms with van der Waals surface area (Å²) < 4.78 is 10.2. The van der Waals surface area contributed by atoms with Crippen molar-refractivity contribution in [1.29, 1.82) is 0 Å². The van der Waals surface area contributed by atoms with E-state index in [9.17, 15) is 19.5 Å². The summed E-state index contributed by atoms with van der Waals surface area (Å²) in [6.07, 6.45) is 0.0434. The number of phenolic OH excluding ortho intramolecular Hbond substituents is 1. The third-order valence-corrected chi connectivity index (χ3v) is 4.47. The molecule has 3 aromatic rings. The number of fused-ring (bicyclic) bond motifs is 1. The maximum atomic E-state index is 11.9. The van der Waals surface area contributed by atoms with E-state index < -0.39 is 11.6 Å². The van der Waals surface area contributed by atoms with E-state index in [0.717, 1.165) is 0 Å². The van der Waals surface area contributed by atoms with Crippen LogP contribution in [0.15, 0.2) is 51.0 Å². The second kappa shape index (κ2) is 7.31. The number of rotatable bonds is 6. The lowest BCUT2D eigenvalue weighted by Gasteiger charge is -2.07. The number of thiophene rings is 1. The van der Waals surface area contributed by atoms with E-state index in [-0.39, 0.29) is 36.6 Å². The van der Waals surface area contributed by atoms with Gasteiger partial charge in [0.15, 0.2) is 5.78 Å². The Morgan fingerprint density at radius 2 is 2.00 bits per heavy atom. The maximum Gasteiger partial charge on any atom is 0.336 e. The van der Waals surface area contributed by atoms with E-state index in [2.05, 4.69) is 0 Å². The van der Waals surface area contributed by atoms with Crippen LogP contribution in [0.2, 0.25) is 0 Å². The number of benzene rings is 1. The van der Waals surface area contributed by atoms with Gasteiger partial charge in [-0.3, -0.25) is 9.59 Å². The highest BCUT2D eigenvalue weighted by molar-refractivity contribution is 7.12. The standard InChI is InChI=1S/C18H14O6S/c19-12-3-4-13-11(8-18(22)24-15(13)9-12)10-23-17(21)6-5-14(20)16-2-1-7-25-16/h1-4,7-9,19H,5-6,10H2. The number of carbonyl (C=O) groups is 2. The lowest BCUT2D eigenvalue weighted by atomic mass is 10.1. The molecule has 0 unspecified atom stereocenters. The van der Waals surface area contributed by atoms with E-state index in [4.69, 9.17) is 9.15 Å². The van der Waals surface area contributed by atoms with Gasteiger partial charge in [-0.05, 0) is 23.6 Å². The molecule has 0 atom stereocenters. The topological polar surface area (TPSA) is 93.8 Å². The van der Waals surface area contributed by atoms with Crippen LogP contribution in [-0.2, 0) is 16.1 Å². The third-order valence-electron chi connectivity index (χ3n) is 3.55. The van der Waals surface area contributed by atoms with Crippen LogP contribution in [0.4, 0.5) is 0 Å². The number of hydrogen-bond donors (Lipinski definition) is 1. The van der Waals surface area contributed by atoms with Gasteiger partial charge in [-0.25, -0.2) is 4.79 Å². The molecule has 128 valence electrons. The average molecular weight is 358 g/mol. The average Bonchev–Trinajstić information content (AvgIpc) is 3.11. The Hall–Kier alpha value is -2.93. The minimum absolute atomic E-state index is 0.0307. The Kier molecular flexibility index (Phi) is 4.95. The second-order valence-electron chi connectivity index (χ2n) is 5.33. The van der Waals surface area contributed by atoms with Crippen molar-refractivity contribution in [2.75, 3.05) is 0 Å². The maximum absolute atomic E-state index is 11.9. The number of phenols is 1. The highest BCUT2D eigenvalue weighted by Crippen LogP contribution is 2.22. The van der Waals surface area contributed by atoms with Gasteiger partial charge in [-0.1, -0.05) is 6.07 Å². The Labute approximate surface area is 146 Å². The van der Waals surface area contributed by atoms with Crippen LogP contribution >= 0.6 is 11.3 Å². The molecule has 7 heteroatoms. The first kappa shape index (κ1) is 16.9. The fourth-order valence-corrected chi connectivity index (χ4v) is 3.04. The van der Waals surface area contributed by atoms with Crippen molar-refractivity contribution < 1.29 is 23.8 Å². The predicted molar refractivity (Wildman–Crippen MR) is 91.8 cm³/mol. The molecule has 0 bridgehead atoms. The van der Waals surface area contributed by atoms with E-state index in [1.54, 1.807) is 23.6 Å². The highest BCUT2D eigenvalue weighted by atomic mass is 32.1.